The van der Waals surface area contributed by atoms with Crippen LogP contribution in [0.5, 0.6) is 0 Å². The molecule has 0 radical (unpaired) electrons. The van der Waals surface area contributed by atoms with Crippen LogP contribution in [-0.2, 0) is 12.8 Å². The van der Waals surface area contributed by atoms with Gasteiger partial charge in [0.1, 0.15) is 4.83 Å². The van der Waals surface area contributed by atoms with Crippen molar-refractivity contribution in [3.63, 3.8) is 0 Å². The van der Waals surface area contributed by atoms with Gasteiger partial charge in [0.15, 0.2) is 5.16 Å². The first-order valence-electron chi connectivity index (χ1n) is 8.87. The molecule has 1 aromatic carbocycles. The molecule has 138 valence electrons. The molecular weight excluding hydrogens is 398 g/mol. The number of aryl methyl sites for hydroxylation is 1. The highest BCUT2D eigenvalue weighted by Crippen LogP contribution is 2.37. The molecule has 0 amide bonds. The van der Waals surface area contributed by atoms with E-state index in [1.807, 2.05) is 19.1 Å². The Morgan fingerprint density at radius 3 is 2.85 bits per heavy atom. The quantitative estimate of drug-likeness (QED) is 0.434. The number of benzene rings is 1. The van der Waals surface area contributed by atoms with Gasteiger partial charge in [-0.3, -0.25) is 9.36 Å². The van der Waals surface area contributed by atoms with Crippen LogP contribution in [0, 0.1) is 17.2 Å². The van der Waals surface area contributed by atoms with E-state index >= 15 is 0 Å². The number of hydrogen-bond acceptors (Lipinski definition) is 5. The van der Waals surface area contributed by atoms with E-state index in [0.29, 0.717) is 16.1 Å². The zero-order valence-electron chi connectivity index (χ0n) is 15.0. The minimum absolute atomic E-state index is 0.0537. The van der Waals surface area contributed by atoms with E-state index in [-0.39, 0.29) is 10.8 Å². The van der Waals surface area contributed by atoms with Crippen LogP contribution >= 0.6 is 34.7 Å². The summed E-state index contributed by atoms with van der Waals surface area (Å²) in [5.41, 5.74) is 1.83. The van der Waals surface area contributed by atoms with Gasteiger partial charge in [-0.25, -0.2) is 4.98 Å². The summed E-state index contributed by atoms with van der Waals surface area (Å²) in [6, 6.07) is 9.38. The maximum atomic E-state index is 13.5. The average Bonchev–Trinajstić information content (AvgIpc) is 3.00. The van der Waals surface area contributed by atoms with Crippen molar-refractivity contribution in [3.05, 3.63) is 50.1 Å². The van der Waals surface area contributed by atoms with Gasteiger partial charge in [-0.2, -0.15) is 5.26 Å². The van der Waals surface area contributed by atoms with Crippen LogP contribution in [0.3, 0.4) is 0 Å². The van der Waals surface area contributed by atoms with E-state index in [2.05, 4.69) is 13.0 Å². The molecule has 0 unspecified atom stereocenters. The van der Waals surface area contributed by atoms with E-state index < -0.39 is 0 Å². The molecule has 0 N–H and O–H groups in total. The monoisotopic (exact) mass is 415 g/mol. The molecule has 0 saturated heterocycles. The number of thiophene rings is 1. The number of thioether (sulfide) groups is 1. The van der Waals surface area contributed by atoms with E-state index in [1.165, 1.54) is 16.6 Å². The number of aromatic nitrogens is 2. The molecule has 7 heteroatoms. The van der Waals surface area contributed by atoms with E-state index in [4.69, 9.17) is 16.6 Å². The van der Waals surface area contributed by atoms with Gasteiger partial charge >= 0.3 is 0 Å². The van der Waals surface area contributed by atoms with E-state index in [9.17, 15) is 10.1 Å². The lowest BCUT2D eigenvalue weighted by Gasteiger charge is -2.18. The van der Waals surface area contributed by atoms with Crippen molar-refractivity contribution in [1.82, 2.24) is 9.55 Å². The Morgan fingerprint density at radius 1 is 1.41 bits per heavy atom. The van der Waals surface area contributed by atoms with Crippen LogP contribution in [0.25, 0.3) is 15.9 Å². The normalized spacial score (nSPS) is 17.5. The molecule has 4 rings (SSSR count). The SMILES string of the molecule is C[C@H]1CCc2c(sc3nc(S[C@@H](C)C#N)n(-c4ccc(Cl)cc4)c(=O)c23)C1. The fourth-order valence-electron chi connectivity index (χ4n) is 3.45. The van der Waals surface area contributed by atoms with Crippen molar-refractivity contribution in [2.24, 2.45) is 5.92 Å². The van der Waals surface area contributed by atoms with Crippen molar-refractivity contribution in [1.29, 1.82) is 5.26 Å². The van der Waals surface area contributed by atoms with Crippen LogP contribution in [0.15, 0.2) is 34.2 Å². The van der Waals surface area contributed by atoms with Crippen molar-refractivity contribution in [2.75, 3.05) is 0 Å². The van der Waals surface area contributed by atoms with Crippen LogP contribution < -0.4 is 5.56 Å². The summed E-state index contributed by atoms with van der Waals surface area (Å²) < 4.78 is 1.63. The number of rotatable bonds is 3. The van der Waals surface area contributed by atoms with Crippen molar-refractivity contribution < 1.29 is 0 Å². The van der Waals surface area contributed by atoms with E-state index in [1.54, 1.807) is 28.0 Å². The summed E-state index contributed by atoms with van der Waals surface area (Å²) in [4.78, 5) is 20.4. The largest absolute Gasteiger partial charge is 0.268 e. The van der Waals surface area contributed by atoms with Crippen LogP contribution in [0.2, 0.25) is 5.02 Å². The van der Waals surface area contributed by atoms with Gasteiger partial charge in [0.25, 0.3) is 5.56 Å². The van der Waals surface area contributed by atoms with Gasteiger partial charge < -0.3 is 0 Å². The number of halogens is 1. The summed E-state index contributed by atoms with van der Waals surface area (Å²) in [5, 5.41) is 10.8. The van der Waals surface area contributed by atoms with E-state index in [0.717, 1.165) is 40.7 Å². The molecule has 1 aliphatic rings. The fraction of sp³-hybridized carbons (Fsp3) is 0.350. The molecule has 2 atom stereocenters. The summed E-state index contributed by atoms with van der Waals surface area (Å²) in [6.45, 7) is 4.07. The highest BCUT2D eigenvalue weighted by Gasteiger charge is 2.25. The molecule has 1 aliphatic carbocycles. The zero-order valence-corrected chi connectivity index (χ0v) is 17.4. The van der Waals surface area contributed by atoms with Crippen LogP contribution in [0.4, 0.5) is 0 Å². The number of nitriles is 1. The summed E-state index contributed by atoms with van der Waals surface area (Å²) in [6.07, 6.45) is 3.03. The second kappa shape index (κ2) is 7.31. The summed E-state index contributed by atoms with van der Waals surface area (Å²) >= 11 is 8.96. The predicted molar refractivity (Wildman–Crippen MR) is 112 cm³/mol. The Kier molecular flexibility index (Phi) is 5.02. The third kappa shape index (κ3) is 3.40. The highest BCUT2D eigenvalue weighted by atomic mass is 35.5. The maximum absolute atomic E-state index is 13.5. The average molecular weight is 416 g/mol. The standard InChI is InChI=1S/C20H18ClN3OS2/c1-11-3-8-15-16(9-11)27-18-17(15)19(25)24(14-6-4-13(21)5-7-14)20(23-18)26-12(2)10-22/h4-7,11-12H,3,8-9H2,1-2H3/t11-,12-/m0/s1. The van der Waals surface area contributed by atoms with Crippen LogP contribution in [0.1, 0.15) is 30.7 Å². The third-order valence-electron chi connectivity index (χ3n) is 4.85. The summed E-state index contributed by atoms with van der Waals surface area (Å²) in [7, 11) is 0. The Bertz CT molecular complexity index is 1110. The number of fused-ring (bicyclic) bond motifs is 3. The predicted octanol–water partition coefficient (Wildman–Crippen LogP) is 5.23. The Labute approximate surface area is 170 Å². The molecule has 0 bridgehead atoms. The second-order valence-corrected chi connectivity index (χ2v) is 9.76. The van der Waals surface area contributed by atoms with Gasteiger partial charge in [0.2, 0.25) is 0 Å². The Hall–Kier alpha value is -1.81. The number of nitrogens with zero attached hydrogens (tertiary/aromatic N) is 3. The second-order valence-electron chi connectivity index (χ2n) is 6.93. The lowest BCUT2D eigenvalue weighted by atomic mass is 9.89. The van der Waals surface area contributed by atoms with Gasteiger partial charge in [0.05, 0.1) is 22.4 Å². The zero-order chi connectivity index (χ0) is 19.1. The first kappa shape index (κ1) is 18.5. The lowest BCUT2D eigenvalue weighted by Crippen LogP contribution is -2.23. The van der Waals surface area contributed by atoms with Crippen LogP contribution in [-0.4, -0.2) is 14.8 Å². The van der Waals surface area contributed by atoms with Gasteiger partial charge in [-0.05, 0) is 61.9 Å². The van der Waals surface area contributed by atoms with Crippen molar-refractivity contribution in [3.8, 4) is 11.8 Å². The molecule has 2 aromatic heterocycles. The number of hydrogen-bond donors (Lipinski definition) is 0. The fourth-order valence-corrected chi connectivity index (χ4v) is 5.82. The molecule has 27 heavy (non-hydrogen) atoms. The van der Waals surface area contributed by atoms with Gasteiger partial charge in [0, 0.05) is 9.90 Å². The minimum atomic E-state index is -0.303. The summed E-state index contributed by atoms with van der Waals surface area (Å²) in [5.74, 6) is 0.636. The van der Waals surface area contributed by atoms with Gasteiger partial charge in [-0.15, -0.1) is 11.3 Å². The minimum Gasteiger partial charge on any atom is -0.268 e. The molecule has 2 heterocycles. The molecule has 0 aliphatic heterocycles. The van der Waals surface area contributed by atoms with Crippen molar-refractivity contribution in [2.45, 2.75) is 43.5 Å². The Morgan fingerprint density at radius 2 is 2.15 bits per heavy atom. The Balaban J connectivity index is 1.99. The molecular formula is C20H18ClN3OS2. The van der Waals surface area contributed by atoms with Gasteiger partial charge in [-0.1, -0.05) is 30.3 Å². The molecule has 4 nitrogen and oxygen atoms in total. The highest BCUT2D eigenvalue weighted by molar-refractivity contribution is 8.00. The van der Waals surface area contributed by atoms with Crippen molar-refractivity contribution >= 4 is 44.9 Å². The molecule has 0 fully saturated rings. The third-order valence-corrected chi connectivity index (χ3v) is 7.19. The smallest absolute Gasteiger partial charge is 0.267 e. The molecule has 0 saturated carbocycles. The lowest BCUT2D eigenvalue weighted by molar-refractivity contribution is 0.509. The topological polar surface area (TPSA) is 58.7 Å². The first-order chi connectivity index (χ1) is 13.0. The first-order valence-corrected chi connectivity index (χ1v) is 10.9. The molecule has 0 spiro atoms. The molecule has 3 aromatic rings. The maximum Gasteiger partial charge on any atom is 0.267 e.